The van der Waals surface area contributed by atoms with Gasteiger partial charge in [-0.3, -0.25) is 0 Å². The van der Waals surface area contributed by atoms with Crippen LogP contribution >= 0.6 is 0 Å². The molecule has 0 fully saturated rings. The van der Waals surface area contributed by atoms with Crippen LogP contribution in [0, 0.1) is 5.41 Å². The van der Waals surface area contributed by atoms with Crippen molar-refractivity contribution in [2.45, 2.75) is 53.6 Å². The zero-order valence-corrected chi connectivity index (χ0v) is 11.0. The lowest BCUT2D eigenvalue weighted by Gasteiger charge is -2.34. The lowest BCUT2D eigenvalue weighted by atomic mass is 9.95. The third-order valence-corrected chi connectivity index (χ3v) is 2.67. The molecule has 0 aliphatic heterocycles. The van der Waals surface area contributed by atoms with Gasteiger partial charge in [0.2, 0.25) is 0 Å². The van der Waals surface area contributed by atoms with E-state index in [2.05, 4.69) is 58.8 Å². The fourth-order valence-corrected chi connectivity index (χ4v) is 1.77. The molecule has 0 bridgehead atoms. The Balaban J connectivity index is 4.04. The van der Waals surface area contributed by atoms with Gasteiger partial charge in [-0.2, -0.15) is 0 Å². The third-order valence-electron chi connectivity index (χ3n) is 2.67. The summed E-state index contributed by atoms with van der Waals surface area (Å²) >= 11 is 0. The first kappa shape index (κ1) is 13.9. The van der Waals surface area contributed by atoms with Gasteiger partial charge in [0.25, 0.3) is 0 Å². The summed E-state index contributed by atoms with van der Waals surface area (Å²) < 4.78 is 0. The van der Waals surface area contributed by atoms with Gasteiger partial charge in [-0.25, -0.2) is 0 Å². The normalized spacial score (nSPS) is 17.1. The first-order valence-corrected chi connectivity index (χ1v) is 5.71. The predicted octanol–water partition coefficient (Wildman–Crippen LogP) is 2.35. The summed E-state index contributed by atoms with van der Waals surface area (Å²) in [6, 6.07) is 1.15. The molecule has 0 saturated carbocycles. The molecule has 0 saturated heterocycles. The molecule has 0 radical (unpaired) electrons. The molecule has 0 aliphatic rings. The molecular weight excluding hydrogens is 172 g/mol. The van der Waals surface area contributed by atoms with Crippen LogP contribution in [0.1, 0.15) is 41.5 Å². The number of nitrogens with one attached hydrogen (secondary N) is 1. The summed E-state index contributed by atoms with van der Waals surface area (Å²) in [5, 5.41) is 3.47. The molecule has 0 aromatic heterocycles. The maximum absolute atomic E-state index is 3.47. The van der Waals surface area contributed by atoms with E-state index in [1.165, 1.54) is 0 Å². The first-order valence-electron chi connectivity index (χ1n) is 5.71. The Hall–Kier alpha value is -0.0800. The van der Waals surface area contributed by atoms with E-state index in [9.17, 15) is 0 Å². The zero-order chi connectivity index (χ0) is 11.4. The van der Waals surface area contributed by atoms with Gasteiger partial charge in [-0.15, -0.1) is 0 Å². The molecule has 0 heterocycles. The van der Waals surface area contributed by atoms with Crippen molar-refractivity contribution in [1.29, 1.82) is 0 Å². The van der Waals surface area contributed by atoms with E-state index in [0.29, 0.717) is 17.5 Å². The van der Waals surface area contributed by atoms with Gasteiger partial charge in [0.05, 0.1) is 0 Å². The third kappa shape index (κ3) is 5.61. The van der Waals surface area contributed by atoms with Crippen LogP contribution in [-0.4, -0.2) is 37.1 Å². The lowest BCUT2D eigenvalue weighted by Crippen LogP contribution is -2.47. The SMILES string of the molecule is CCNC(C)C(C)N(C)CC(C)(C)C. The Labute approximate surface area is 90.1 Å². The van der Waals surface area contributed by atoms with Crippen LogP contribution in [0.5, 0.6) is 0 Å². The largest absolute Gasteiger partial charge is 0.313 e. The second kappa shape index (κ2) is 5.72. The highest BCUT2D eigenvalue weighted by Gasteiger charge is 2.20. The van der Waals surface area contributed by atoms with Gasteiger partial charge in [-0.1, -0.05) is 27.7 Å². The molecule has 2 nitrogen and oxygen atoms in total. The minimum absolute atomic E-state index is 0.384. The Kier molecular flexibility index (Phi) is 5.68. The predicted molar refractivity (Wildman–Crippen MR) is 64.7 cm³/mol. The van der Waals surface area contributed by atoms with Crippen LogP contribution in [0.15, 0.2) is 0 Å². The average Bonchev–Trinajstić information content (AvgIpc) is 2.00. The molecule has 0 aliphatic carbocycles. The van der Waals surface area contributed by atoms with Crippen molar-refractivity contribution in [2.24, 2.45) is 5.41 Å². The summed E-state index contributed by atoms with van der Waals surface area (Å²) in [6.45, 7) is 15.8. The van der Waals surface area contributed by atoms with Gasteiger partial charge < -0.3 is 10.2 Å². The van der Waals surface area contributed by atoms with Crippen LogP contribution in [0.25, 0.3) is 0 Å². The standard InChI is InChI=1S/C12H28N2/c1-8-13-10(2)11(3)14(7)9-12(4,5)6/h10-11,13H,8-9H2,1-7H3. The van der Waals surface area contributed by atoms with Crippen LogP contribution in [-0.2, 0) is 0 Å². The molecule has 86 valence electrons. The Bertz CT molecular complexity index is 149. The summed E-state index contributed by atoms with van der Waals surface area (Å²) in [5.41, 5.74) is 0.384. The molecular formula is C12H28N2. The van der Waals surface area contributed by atoms with Crippen LogP contribution in [0.4, 0.5) is 0 Å². The van der Waals surface area contributed by atoms with Crippen molar-refractivity contribution < 1.29 is 0 Å². The molecule has 0 aromatic rings. The molecule has 0 rings (SSSR count). The van der Waals surface area contributed by atoms with Gasteiger partial charge in [0.15, 0.2) is 0 Å². The lowest BCUT2D eigenvalue weighted by molar-refractivity contribution is 0.157. The molecule has 1 N–H and O–H groups in total. The van der Waals surface area contributed by atoms with Gasteiger partial charge in [0, 0.05) is 18.6 Å². The van der Waals surface area contributed by atoms with Crippen molar-refractivity contribution in [2.75, 3.05) is 20.1 Å². The number of hydrogen-bond donors (Lipinski definition) is 1. The number of likely N-dealkylation sites (N-methyl/N-ethyl adjacent to an activating group) is 2. The van der Waals surface area contributed by atoms with Crippen molar-refractivity contribution in [1.82, 2.24) is 10.2 Å². The maximum atomic E-state index is 3.47. The molecule has 0 spiro atoms. The van der Waals surface area contributed by atoms with E-state index in [-0.39, 0.29) is 0 Å². The zero-order valence-electron chi connectivity index (χ0n) is 11.0. The summed E-state index contributed by atoms with van der Waals surface area (Å²) in [6.07, 6.45) is 0. The maximum Gasteiger partial charge on any atom is 0.0215 e. The van der Waals surface area contributed by atoms with Gasteiger partial charge in [0.1, 0.15) is 0 Å². The fraction of sp³-hybridized carbons (Fsp3) is 1.00. The van der Waals surface area contributed by atoms with E-state index in [0.717, 1.165) is 13.1 Å². The monoisotopic (exact) mass is 200 g/mol. The highest BCUT2D eigenvalue weighted by atomic mass is 15.2. The van der Waals surface area contributed by atoms with Crippen LogP contribution in [0.2, 0.25) is 0 Å². The van der Waals surface area contributed by atoms with Crippen molar-refractivity contribution in [3.05, 3.63) is 0 Å². The summed E-state index contributed by atoms with van der Waals surface area (Å²) in [4.78, 5) is 2.44. The minimum Gasteiger partial charge on any atom is -0.313 e. The molecule has 0 aromatic carbocycles. The van der Waals surface area contributed by atoms with E-state index < -0.39 is 0 Å². The first-order chi connectivity index (χ1) is 6.28. The second-order valence-electron chi connectivity index (χ2n) is 5.56. The van der Waals surface area contributed by atoms with E-state index in [4.69, 9.17) is 0 Å². The van der Waals surface area contributed by atoms with Gasteiger partial charge in [-0.05, 0) is 32.9 Å². The van der Waals surface area contributed by atoms with E-state index in [1.54, 1.807) is 0 Å². The topological polar surface area (TPSA) is 15.3 Å². The number of rotatable bonds is 5. The summed E-state index contributed by atoms with van der Waals surface area (Å²) in [7, 11) is 2.21. The van der Waals surface area contributed by atoms with E-state index in [1.807, 2.05) is 0 Å². The average molecular weight is 200 g/mol. The molecule has 0 amide bonds. The number of nitrogens with zero attached hydrogens (tertiary/aromatic N) is 1. The Morgan fingerprint density at radius 3 is 2.07 bits per heavy atom. The second-order valence-corrected chi connectivity index (χ2v) is 5.56. The van der Waals surface area contributed by atoms with Crippen molar-refractivity contribution >= 4 is 0 Å². The highest BCUT2D eigenvalue weighted by Crippen LogP contribution is 2.16. The van der Waals surface area contributed by atoms with Crippen molar-refractivity contribution in [3.8, 4) is 0 Å². The van der Waals surface area contributed by atoms with Gasteiger partial charge >= 0.3 is 0 Å². The molecule has 2 heteroatoms. The molecule has 2 unspecified atom stereocenters. The molecule has 14 heavy (non-hydrogen) atoms. The van der Waals surface area contributed by atoms with Crippen molar-refractivity contribution in [3.63, 3.8) is 0 Å². The quantitative estimate of drug-likeness (QED) is 0.733. The van der Waals surface area contributed by atoms with E-state index >= 15 is 0 Å². The fourth-order valence-electron chi connectivity index (χ4n) is 1.77. The minimum atomic E-state index is 0.384. The smallest absolute Gasteiger partial charge is 0.0215 e. The van der Waals surface area contributed by atoms with Crippen LogP contribution < -0.4 is 5.32 Å². The van der Waals surface area contributed by atoms with Crippen LogP contribution in [0.3, 0.4) is 0 Å². The Morgan fingerprint density at radius 1 is 1.21 bits per heavy atom. The molecule has 2 atom stereocenters. The summed E-state index contributed by atoms with van der Waals surface area (Å²) in [5.74, 6) is 0. The highest BCUT2D eigenvalue weighted by molar-refractivity contribution is 4.78. The Morgan fingerprint density at radius 2 is 1.71 bits per heavy atom. The number of hydrogen-bond acceptors (Lipinski definition) is 2.